The van der Waals surface area contributed by atoms with Gasteiger partial charge < -0.3 is 10.4 Å². The third-order valence-electron chi connectivity index (χ3n) is 5.21. The highest BCUT2D eigenvalue weighted by Crippen LogP contribution is 2.42. The Hall–Kier alpha value is -2.33. The van der Waals surface area contributed by atoms with Gasteiger partial charge in [-0.25, -0.2) is 4.79 Å². The van der Waals surface area contributed by atoms with Crippen molar-refractivity contribution in [2.45, 2.75) is 24.8 Å². The number of nitrogens with one attached hydrogen (secondary N) is 1. The molecule has 5 heteroatoms. The van der Waals surface area contributed by atoms with Gasteiger partial charge in [0.25, 0.3) is 0 Å². The molecule has 0 saturated carbocycles. The van der Waals surface area contributed by atoms with E-state index in [9.17, 15) is 4.79 Å². The summed E-state index contributed by atoms with van der Waals surface area (Å²) in [7, 11) is 2.03. The summed E-state index contributed by atoms with van der Waals surface area (Å²) in [5, 5.41) is 13.0. The van der Waals surface area contributed by atoms with E-state index in [0.717, 1.165) is 12.8 Å². The Kier molecular flexibility index (Phi) is 7.32. The summed E-state index contributed by atoms with van der Waals surface area (Å²) in [6.45, 7) is 0. The molecule has 0 radical (unpaired) electrons. The number of carboxylic acid groups (broad SMARTS) is 1. The lowest BCUT2D eigenvalue weighted by molar-refractivity contribution is 0.0697. The number of carbonyl (C=O) groups is 1. The van der Waals surface area contributed by atoms with E-state index in [-0.39, 0.29) is 0 Å². The zero-order chi connectivity index (χ0) is 20.8. The van der Waals surface area contributed by atoms with Gasteiger partial charge in [0.2, 0.25) is 0 Å². The van der Waals surface area contributed by atoms with Crippen LogP contribution in [0.2, 0.25) is 10.0 Å². The molecule has 0 amide bonds. The average molecular weight is 428 g/mol. The minimum Gasteiger partial charge on any atom is -0.478 e. The number of fused-ring (bicyclic) bond motifs is 1. The Balaban J connectivity index is 0.000000224. The molecule has 0 aromatic heterocycles. The lowest BCUT2D eigenvalue weighted by Crippen LogP contribution is -2.24. The molecule has 0 spiro atoms. The fraction of sp³-hybridized carbons (Fsp3) is 0.208. The van der Waals surface area contributed by atoms with E-state index >= 15 is 0 Å². The topological polar surface area (TPSA) is 49.3 Å². The first-order chi connectivity index (χ1) is 14.0. The lowest BCUT2D eigenvalue weighted by atomic mass is 9.77. The summed E-state index contributed by atoms with van der Waals surface area (Å²) in [4.78, 5) is 10.2. The van der Waals surface area contributed by atoms with Crippen molar-refractivity contribution in [2.24, 2.45) is 0 Å². The molecule has 4 rings (SSSR count). The molecule has 3 aromatic rings. The number of rotatable bonds is 3. The molecule has 0 unspecified atom stereocenters. The molecule has 0 fully saturated rings. The Labute approximate surface area is 181 Å². The molecule has 0 saturated heterocycles. The maximum atomic E-state index is 10.2. The van der Waals surface area contributed by atoms with E-state index in [4.69, 9.17) is 28.3 Å². The normalized spacial score (nSPS) is 17.6. The van der Waals surface area contributed by atoms with Gasteiger partial charge in [-0.3, -0.25) is 0 Å². The molecule has 150 valence electrons. The van der Waals surface area contributed by atoms with Gasteiger partial charge in [-0.2, -0.15) is 0 Å². The predicted octanol–water partition coefficient (Wildman–Crippen LogP) is 6.56. The number of hydrogen-bond donors (Lipinski definition) is 2. The predicted molar refractivity (Wildman–Crippen MR) is 119 cm³/mol. The molecular weight excluding hydrogens is 405 g/mol. The first-order valence-corrected chi connectivity index (χ1v) is 10.3. The SMILES string of the molecule is CN[C@H]1CC[C@@H](c2ccc(Cl)c(Cl)c2)c2ccccc21.O=C(O)c1ccccc1. The van der Waals surface area contributed by atoms with E-state index in [0.29, 0.717) is 27.6 Å². The van der Waals surface area contributed by atoms with Crippen molar-refractivity contribution in [3.05, 3.63) is 105 Å². The van der Waals surface area contributed by atoms with Gasteiger partial charge in [0.05, 0.1) is 15.6 Å². The van der Waals surface area contributed by atoms with Crippen LogP contribution in [0.4, 0.5) is 0 Å². The van der Waals surface area contributed by atoms with E-state index < -0.39 is 5.97 Å². The van der Waals surface area contributed by atoms with Crippen LogP contribution in [0.15, 0.2) is 72.8 Å². The molecule has 0 aliphatic heterocycles. The maximum absolute atomic E-state index is 10.2. The van der Waals surface area contributed by atoms with Crippen LogP contribution >= 0.6 is 23.2 Å². The standard InChI is InChI=1S/C17H17Cl2N.C7H6O2/c1-20-17-9-7-12(13-4-2-3-5-14(13)17)11-6-8-15(18)16(19)10-11;8-7(9)6-4-2-1-3-5-6/h2-6,8,10,12,17,20H,7,9H2,1H3;1-5H,(H,8,9)/t12-,17-;/m0./s1. The van der Waals surface area contributed by atoms with Crippen LogP contribution < -0.4 is 5.32 Å². The van der Waals surface area contributed by atoms with Crippen LogP contribution in [0.5, 0.6) is 0 Å². The van der Waals surface area contributed by atoms with Gasteiger partial charge >= 0.3 is 5.97 Å². The molecule has 29 heavy (non-hydrogen) atoms. The van der Waals surface area contributed by atoms with Crippen molar-refractivity contribution in [3.8, 4) is 0 Å². The van der Waals surface area contributed by atoms with Gasteiger partial charge in [0.1, 0.15) is 0 Å². The molecule has 0 bridgehead atoms. The van der Waals surface area contributed by atoms with Crippen molar-refractivity contribution in [1.29, 1.82) is 0 Å². The summed E-state index contributed by atoms with van der Waals surface area (Å²) in [5.41, 5.74) is 4.38. The van der Waals surface area contributed by atoms with Gasteiger partial charge in [-0.05, 0) is 60.8 Å². The number of carboxylic acids is 1. The molecule has 3 nitrogen and oxygen atoms in total. The number of benzene rings is 3. The first-order valence-electron chi connectivity index (χ1n) is 9.50. The van der Waals surface area contributed by atoms with Crippen molar-refractivity contribution >= 4 is 29.2 Å². The highest BCUT2D eigenvalue weighted by atomic mass is 35.5. The van der Waals surface area contributed by atoms with Gasteiger partial charge in [0, 0.05) is 12.0 Å². The van der Waals surface area contributed by atoms with E-state index in [1.165, 1.54) is 16.7 Å². The Morgan fingerprint density at radius 1 is 0.897 bits per heavy atom. The van der Waals surface area contributed by atoms with Crippen molar-refractivity contribution in [1.82, 2.24) is 5.32 Å². The van der Waals surface area contributed by atoms with Gasteiger partial charge in [-0.15, -0.1) is 0 Å². The van der Waals surface area contributed by atoms with E-state index in [1.54, 1.807) is 30.3 Å². The van der Waals surface area contributed by atoms with E-state index in [2.05, 4.69) is 35.6 Å². The van der Waals surface area contributed by atoms with Crippen LogP contribution in [0.1, 0.15) is 51.8 Å². The van der Waals surface area contributed by atoms with Crippen LogP contribution in [-0.4, -0.2) is 18.1 Å². The van der Waals surface area contributed by atoms with Crippen LogP contribution in [0.25, 0.3) is 0 Å². The summed E-state index contributed by atoms with van der Waals surface area (Å²) < 4.78 is 0. The average Bonchev–Trinajstić information content (AvgIpc) is 2.76. The quantitative estimate of drug-likeness (QED) is 0.497. The number of halogens is 2. The molecule has 2 N–H and O–H groups in total. The Morgan fingerprint density at radius 2 is 1.55 bits per heavy atom. The Bertz CT molecular complexity index is 976. The molecule has 3 aromatic carbocycles. The Morgan fingerprint density at radius 3 is 2.14 bits per heavy atom. The number of aromatic carboxylic acids is 1. The van der Waals surface area contributed by atoms with Crippen molar-refractivity contribution < 1.29 is 9.90 Å². The molecule has 2 atom stereocenters. The first kappa shape index (κ1) is 21.4. The molecule has 1 aliphatic carbocycles. The lowest BCUT2D eigenvalue weighted by Gasteiger charge is -2.32. The minimum absolute atomic E-state index is 0.331. The zero-order valence-corrected chi connectivity index (χ0v) is 17.6. The fourth-order valence-corrected chi connectivity index (χ4v) is 4.05. The van der Waals surface area contributed by atoms with E-state index in [1.807, 2.05) is 19.2 Å². The summed E-state index contributed by atoms with van der Waals surface area (Å²) in [5.74, 6) is -0.471. The molecular formula is C24H23Cl2NO2. The second-order valence-corrected chi connectivity index (χ2v) is 7.76. The monoisotopic (exact) mass is 427 g/mol. The highest BCUT2D eigenvalue weighted by molar-refractivity contribution is 6.42. The molecule has 0 heterocycles. The van der Waals surface area contributed by atoms with Crippen LogP contribution in [0, 0.1) is 0 Å². The van der Waals surface area contributed by atoms with Gasteiger partial charge in [-0.1, -0.05) is 71.7 Å². The smallest absolute Gasteiger partial charge is 0.335 e. The van der Waals surface area contributed by atoms with Crippen molar-refractivity contribution in [3.63, 3.8) is 0 Å². The molecule has 1 aliphatic rings. The minimum atomic E-state index is -0.879. The largest absolute Gasteiger partial charge is 0.478 e. The van der Waals surface area contributed by atoms with Gasteiger partial charge in [0.15, 0.2) is 0 Å². The maximum Gasteiger partial charge on any atom is 0.335 e. The fourth-order valence-electron chi connectivity index (χ4n) is 3.75. The zero-order valence-electron chi connectivity index (χ0n) is 16.1. The van der Waals surface area contributed by atoms with Crippen molar-refractivity contribution in [2.75, 3.05) is 7.05 Å². The summed E-state index contributed by atoms with van der Waals surface area (Å²) >= 11 is 12.2. The van der Waals surface area contributed by atoms with Crippen LogP contribution in [-0.2, 0) is 0 Å². The number of hydrogen-bond acceptors (Lipinski definition) is 2. The third-order valence-corrected chi connectivity index (χ3v) is 5.95. The highest BCUT2D eigenvalue weighted by Gasteiger charge is 2.27. The summed E-state index contributed by atoms with van der Waals surface area (Å²) in [6, 6.07) is 23.4. The summed E-state index contributed by atoms with van der Waals surface area (Å²) in [6.07, 6.45) is 2.26. The van der Waals surface area contributed by atoms with Crippen LogP contribution in [0.3, 0.4) is 0 Å². The third kappa shape index (κ3) is 5.18. The second-order valence-electron chi connectivity index (χ2n) is 6.94. The second kappa shape index (κ2) is 9.93.